The third-order valence-electron chi connectivity index (χ3n) is 2.78. The van der Waals surface area contributed by atoms with Crippen LogP contribution in [0.1, 0.15) is 18.4 Å². The van der Waals surface area contributed by atoms with Crippen LogP contribution in [0.5, 0.6) is 5.75 Å². The third kappa shape index (κ3) is 2.26. The Morgan fingerprint density at radius 1 is 1.50 bits per heavy atom. The molecular formula is C12H17NO. The Balaban J connectivity index is 2.00. The highest BCUT2D eigenvalue weighted by Crippen LogP contribution is 2.16. The Kier molecular flexibility index (Phi) is 3.04. The van der Waals surface area contributed by atoms with Crippen LogP contribution >= 0.6 is 0 Å². The third-order valence-corrected chi connectivity index (χ3v) is 2.78. The Bertz CT molecular complexity index is 292. The lowest BCUT2D eigenvalue weighted by atomic mass is 10.0. The molecule has 14 heavy (non-hydrogen) atoms. The number of benzene rings is 1. The van der Waals surface area contributed by atoms with Crippen LogP contribution in [0.4, 0.5) is 0 Å². The fourth-order valence-corrected chi connectivity index (χ4v) is 2.01. The van der Waals surface area contributed by atoms with Crippen molar-refractivity contribution in [3.05, 3.63) is 29.8 Å². The van der Waals surface area contributed by atoms with Crippen molar-refractivity contribution in [1.82, 2.24) is 5.32 Å². The molecule has 1 aliphatic rings. The number of nitrogens with one attached hydrogen (secondary N) is 1. The van der Waals surface area contributed by atoms with E-state index in [0.717, 1.165) is 12.2 Å². The van der Waals surface area contributed by atoms with Crippen molar-refractivity contribution in [1.29, 1.82) is 0 Å². The van der Waals surface area contributed by atoms with Gasteiger partial charge in [0.1, 0.15) is 5.75 Å². The van der Waals surface area contributed by atoms with Gasteiger partial charge in [-0.1, -0.05) is 12.1 Å². The van der Waals surface area contributed by atoms with Crippen molar-refractivity contribution in [3.63, 3.8) is 0 Å². The minimum Gasteiger partial charge on any atom is -0.497 e. The fraction of sp³-hybridized carbons (Fsp3) is 0.500. The zero-order chi connectivity index (χ0) is 9.80. The largest absolute Gasteiger partial charge is 0.497 e. The molecule has 0 amide bonds. The van der Waals surface area contributed by atoms with E-state index >= 15 is 0 Å². The molecule has 1 N–H and O–H groups in total. The molecule has 0 unspecified atom stereocenters. The monoisotopic (exact) mass is 191 g/mol. The zero-order valence-electron chi connectivity index (χ0n) is 8.62. The molecule has 1 aromatic carbocycles. The molecule has 1 aromatic rings. The van der Waals surface area contributed by atoms with E-state index in [1.165, 1.54) is 24.9 Å². The van der Waals surface area contributed by atoms with E-state index in [-0.39, 0.29) is 0 Å². The molecular weight excluding hydrogens is 174 g/mol. The van der Waals surface area contributed by atoms with Crippen LogP contribution in [-0.4, -0.2) is 19.7 Å². The highest BCUT2D eigenvalue weighted by molar-refractivity contribution is 5.29. The second kappa shape index (κ2) is 4.47. The molecule has 76 valence electrons. The topological polar surface area (TPSA) is 21.3 Å². The fourth-order valence-electron chi connectivity index (χ4n) is 2.01. The minimum atomic E-state index is 0.669. The smallest absolute Gasteiger partial charge is 0.119 e. The number of rotatable bonds is 3. The molecule has 2 rings (SSSR count). The maximum Gasteiger partial charge on any atom is 0.119 e. The summed E-state index contributed by atoms with van der Waals surface area (Å²) in [5.74, 6) is 0.959. The predicted octanol–water partition coefficient (Wildman–Crippen LogP) is 1.99. The molecule has 0 bridgehead atoms. The molecule has 0 saturated carbocycles. The Hall–Kier alpha value is -1.02. The summed E-state index contributed by atoms with van der Waals surface area (Å²) >= 11 is 0. The Labute approximate surface area is 85.3 Å². The van der Waals surface area contributed by atoms with Crippen LogP contribution in [0.3, 0.4) is 0 Å². The molecule has 0 aromatic heterocycles. The van der Waals surface area contributed by atoms with Crippen molar-refractivity contribution >= 4 is 0 Å². The van der Waals surface area contributed by atoms with Crippen LogP contribution < -0.4 is 10.1 Å². The van der Waals surface area contributed by atoms with Crippen LogP contribution in [0.25, 0.3) is 0 Å². The van der Waals surface area contributed by atoms with Crippen molar-refractivity contribution in [2.24, 2.45) is 0 Å². The van der Waals surface area contributed by atoms with Crippen molar-refractivity contribution < 1.29 is 4.74 Å². The van der Waals surface area contributed by atoms with E-state index in [0.29, 0.717) is 6.04 Å². The zero-order valence-corrected chi connectivity index (χ0v) is 8.62. The van der Waals surface area contributed by atoms with E-state index in [4.69, 9.17) is 4.74 Å². The van der Waals surface area contributed by atoms with E-state index in [1.807, 2.05) is 6.07 Å². The Morgan fingerprint density at radius 3 is 3.14 bits per heavy atom. The predicted molar refractivity (Wildman–Crippen MR) is 57.7 cm³/mol. The standard InChI is InChI=1S/C12H17NO/c1-14-12-6-2-4-10(9-12)8-11-5-3-7-13-11/h2,4,6,9,11,13H,3,5,7-8H2,1H3/t11-/m1/s1. The molecule has 2 heteroatoms. The van der Waals surface area contributed by atoms with Gasteiger partial charge in [-0.25, -0.2) is 0 Å². The summed E-state index contributed by atoms with van der Waals surface area (Å²) in [7, 11) is 1.72. The summed E-state index contributed by atoms with van der Waals surface area (Å²) in [6.07, 6.45) is 3.74. The van der Waals surface area contributed by atoms with Gasteiger partial charge >= 0.3 is 0 Å². The van der Waals surface area contributed by atoms with Crippen LogP contribution in [0.2, 0.25) is 0 Å². The molecule has 0 spiro atoms. The highest BCUT2D eigenvalue weighted by atomic mass is 16.5. The molecule has 1 saturated heterocycles. The number of hydrogen-bond donors (Lipinski definition) is 1. The van der Waals surface area contributed by atoms with Gasteiger partial charge in [0.05, 0.1) is 7.11 Å². The minimum absolute atomic E-state index is 0.669. The van der Waals surface area contributed by atoms with E-state index < -0.39 is 0 Å². The normalized spacial score (nSPS) is 21.1. The summed E-state index contributed by atoms with van der Waals surface area (Å²) < 4.78 is 5.20. The summed E-state index contributed by atoms with van der Waals surface area (Å²) in [5, 5.41) is 3.50. The van der Waals surface area contributed by atoms with E-state index in [1.54, 1.807) is 7.11 Å². The van der Waals surface area contributed by atoms with Gasteiger partial charge in [-0.3, -0.25) is 0 Å². The molecule has 0 radical (unpaired) electrons. The maximum atomic E-state index is 5.20. The van der Waals surface area contributed by atoms with Gasteiger partial charge in [0.2, 0.25) is 0 Å². The molecule has 0 aliphatic carbocycles. The van der Waals surface area contributed by atoms with Gasteiger partial charge in [0.25, 0.3) is 0 Å². The lowest BCUT2D eigenvalue weighted by Crippen LogP contribution is -2.23. The first-order valence-electron chi connectivity index (χ1n) is 5.25. The van der Waals surface area contributed by atoms with Crippen LogP contribution in [-0.2, 0) is 6.42 Å². The van der Waals surface area contributed by atoms with Crippen molar-refractivity contribution in [2.75, 3.05) is 13.7 Å². The van der Waals surface area contributed by atoms with Gasteiger partial charge in [-0.05, 0) is 43.5 Å². The van der Waals surface area contributed by atoms with E-state index in [2.05, 4.69) is 23.5 Å². The van der Waals surface area contributed by atoms with Gasteiger partial charge in [0, 0.05) is 6.04 Å². The van der Waals surface area contributed by atoms with Crippen molar-refractivity contribution in [2.45, 2.75) is 25.3 Å². The molecule has 1 heterocycles. The molecule has 1 aliphatic heterocycles. The second-order valence-electron chi connectivity index (χ2n) is 3.85. The first-order valence-corrected chi connectivity index (χ1v) is 5.25. The maximum absolute atomic E-state index is 5.20. The summed E-state index contributed by atoms with van der Waals surface area (Å²) in [6, 6.07) is 9.01. The van der Waals surface area contributed by atoms with Gasteiger partial charge < -0.3 is 10.1 Å². The number of ether oxygens (including phenoxy) is 1. The van der Waals surface area contributed by atoms with E-state index in [9.17, 15) is 0 Å². The van der Waals surface area contributed by atoms with Crippen LogP contribution in [0.15, 0.2) is 24.3 Å². The highest BCUT2D eigenvalue weighted by Gasteiger charge is 2.14. The van der Waals surface area contributed by atoms with Gasteiger partial charge in [0.15, 0.2) is 0 Å². The second-order valence-corrected chi connectivity index (χ2v) is 3.85. The molecule has 1 fully saturated rings. The summed E-state index contributed by atoms with van der Waals surface area (Å²) in [5.41, 5.74) is 1.36. The van der Waals surface area contributed by atoms with Crippen molar-refractivity contribution in [3.8, 4) is 5.75 Å². The van der Waals surface area contributed by atoms with Crippen LogP contribution in [0, 0.1) is 0 Å². The molecule has 1 atom stereocenters. The molecule has 2 nitrogen and oxygen atoms in total. The van der Waals surface area contributed by atoms with Gasteiger partial charge in [-0.2, -0.15) is 0 Å². The average Bonchev–Trinajstić information content (AvgIpc) is 2.71. The number of methoxy groups -OCH3 is 1. The summed E-state index contributed by atoms with van der Waals surface area (Å²) in [4.78, 5) is 0. The average molecular weight is 191 g/mol. The summed E-state index contributed by atoms with van der Waals surface area (Å²) in [6.45, 7) is 1.18. The van der Waals surface area contributed by atoms with Gasteiger partial charge in [-0.15, -0.1) is 0 Å². The quantitative estimate of drug-likeness (QED) is 0.789. The SMILES string of the molecule is COc1cccc(C[C@H]2CCCN2)c1. The lowest BCUT2D eigenvalue weighted by molar-refractivity contribution is 0.414. The first-order chi connectivity index (χ1) is 6.88. The number of hydrogen-bond acceptors (Lipinski definition) is 2. The lowest BCUT2D eigenvalue weighted by Gasteiger charge is -2.10. The first kappa shape index (κ1) is 9.53. The Morgan fingerprint density at radius 2 is 2.43 bits per heavy atom.